The maximum atomic E-state index is 4.43. The first-order chi connectivity index (χ1) is 8.72. The molecule has 2 atom stereocenters. The van der Waals surface area contributed by atoms with Gasteiger partial charge < -0.3 is 4.90 Å². The molecule has 0 aliphatic carbocycles. The monoisotopic (exact) mass is 245 g/mol. The van der Waals surface area contributed by atoms with Gasteiger partial charge in [-0.05, 0) is 37.8 Å². The molecule has 18 heavy (non-hydrogen) atoms. The normalized spacial score (nSPS) is 29.1. The lowest BCUT2D eigenvalue weighted by Gasteiger charge is -2.23. The third-order valence-corrected chi connectivity index (χ3v) is 4.43. The number of rotatable bonds is 3. The zero-order valence-electron chi connectivity index (χ0n) is 11.4. The molecule has 1 aromatic heterocycles. The van der Waals surface area contributed by atoms with E-state index >= 15 is 0 Å². The Balaban J connectivity index is 1.56. The summed E-state index contributed by atoms with van der Waals surface area (Å²) in [5.41, 5.74) is 1.21. The van der Waals surface area contributed by atoms with Gasteiger partial charge in [0.2, 0.25) is 0 Å². The summed E-state index contributed by atoms with van der Waals surface area (Å²) in [6, 6.07) is 6.91. The Morgan fingerprint density at radius 1 is 1.17 bits per heavy atom. The lowest BCUT2D eigenvalue weighted by Crippen LogP contribution is -2.33. The van der Waals surface area contributed by atoms with Crippen molar-refractivity contribution in [1.82, 2.24) is 14.8 Å². The first kappa shape index (κ1) is 12.1. The van der Waals surface area contributed by atoms with Gasteiger partial charge in [0.25, 0.3) is 0 Å². The molecule has 0 N–H and O–H groups in total. The van der Waals surface area contributed by atoms with Crippen LogP contribution in [0.2, 0.25) is 0 Å². The van der Waals surface area contributed by atoms with Crippen LogP contribution in [0.5, 0.6) is 0 Å². The van der Waals surface area contributed by atoms with Gasteiger partial charge in [0.1, 0.15) is 0 Å². The van der Waals surface area contributed by atoms with Crippen LogP contribution in [-0.4, -0.2) is 47.0 Å². The average molecular weight is 245 g/mol. The van der Waals surface area contributed by atoms with Gasteiger partial charge >= 0.3 is 0 Å². The fourth-order valence-corrected chi connectivity index (χ4v) is 3.40. The van der Waals surface area contributed by atoms with Crippen molar-refractivity contribution in [2.75, 3.05) is 26.2 Å². The molecule has 0 radical (unpaired) electrons. The highest BCUT2D eigenvalue weighted by Gasteiger charge is 2.40. The van der Waals surface area contributed by atoms with E-state index in [0.717, 1.165) is 18.4 Å². The molecule has 0 spiro atoms. The Bertz CT molecular complexity index is 376. The predicted octanol–water partition coefficient (Wildman–Crippen LogP) is 1.85. The van der Waals surface area contributed by atoms with Crippen molar-refractivity contribution in [2.45, 2.75) is 26.4 Å². The van der Waals surface area contributed by atoms with Gasteiger partial charge in [0.05, 0.1) is 5.69 Å². The predicted molar refractivity (Wildman–Crippen MR) is 73.2 cm³/mol. The van der Waals surface area contributed by atoms with E-state index < -0.39 is 0 Å². The summed E-state index contributed by atoms with van der Waals surface area (Å²) >= 11 is 0. The van der Waals surface area contributed by atoms with E-state index in [4.69, 9.17) is 0 Å². The van der Waals surface area contributed by atoms with Gasteiger partial charge in [-0.2, -0.15) is 0 Å². The molecular formula is C15H23N3. The molecule has 0 amide bonds. The van der Waals surface area contributed by atoms with Gasteiger partial charge in [0.15, 0.2) is 0 Å². The van der Waals surface area contributed by atoms with E-state index in [1.54, 1.807) is 0 Å². The van der Waals surface area contributed by atoms with E-state index in [1.807, 2.05) is 12.3 Å². The van der Waals surface area contributed by atoms with Crippen LogP contribution in [0.25, 0.3) is 0 Å². The molecular weight excluding hydrogens is 222 g/mol. The molecule has 0 saturated carbocycles. The molecule has 0 unspecified atom stereocenters. The maximum Gasteiger partial charge on any atom is 0.0543 e. The molecule has 1 aromatic rings. The van der Waals surface area contributed by atoms with Gasteiger partial charge in [-0.25, -0.2) is 0 Å². The summed E-state index contributed by atoms with van der Waals surface area (Å²) in [6.07, 6.45) is 1.90. The number of hydrogen-bond acceptors (Lipinski definition) is 3. The SMILES string of the molecule is CC(C)N1C[C@H]2CN(Cc3ccccn3)C[C@H]2C1. The highest BCUT2D eigenvalue weighted by molar-refractivity contribution is 5.04. The fourth-order valence-electron chi connectivity index (χ4n) is 3.40. The largest absolute Gasteiger partial charge is 0.300 e. The highest BCUT2D eigenvalue weighted by Crippen LogP contribution is 2.32. The van der Waals surface area contributed by atoms with Gasteiger partial charge in [-0.3, -0.25) is 9.88 Å². The second kappa shape index (κ2) is 4.98. The molecule has 2 aliphatic heterocycles. The van der Waals surface area contributed by atoms with Crippen molar-refractivity contribution in [3.8, 4) is 0 Å². The zero-order valence-corrected chi connectivity index (χ0v) is 11.4. The van der Waals surface area contributed by atoms with Crippen molar-refractivity contribution in [3.05, 3.63) is 30.1 Å². The van der Waals surface area contributed by atoms with Crippen LogP contribution in [0.3, 0.4) is 0 Å². The first-order valence-corrected chi connectivity index (χ1v) is 7.08. The number of aromatic nitrogens is 1. The summed E-state index contributed by atoms with van der Waals surface area (Å²) in [4.78, 5) is 9.64. The number of likely N-dealkylation sites (tertiary alicyclic amines) is 2. The van der Waals surface area contributed by atoms with Gasteiger partial charge in [0, 0.05) is 45.0 Å². The van der Waals surface area contributed by atoms with Crippen molar-refractivity contribution in [3.63, 3.8) is 0 Å². The second-order valence-electron chi connectivity index (χ2n) is 6.08. The van der Waals surface area contributed by atoms with Crippen LogP contribution in [-0.2, 0) is 6.54 Å². The maximum absolute atomic E-state index is 4.43. The molecule has 98 valence electrons. The molecule has 3 heteroatoms. The summed E-state index contributed by atoms with van der Waals surface area (Å²) in [7, 11) is 0. The molecule has 3 rings (SSSR count). The van der Waals surface area contributed by atoms with Crippen LogP contribution in [0, 0.1) is 11.8 Å². The van der Waals surface area contributed by atoms with Crippen LogP contribution < -0.4 is 0 Å². The summed E-state index contributed by atoms with van der Waals surface area (Å²) in [5, 5.41) is 0. The van der Waals surface area contributed by atoms with Gasteiger partial charge in [-0.15, -0.1) is 0 Å². The molecule has 0 aromatic carbocycles. The van der Waals surface area contributed by atoms with Crippen molar-refractivity contribution < 1.29 is 0 Å². The molecule has 3 heterocycles. The van der Waals surface area contributed by atoms with E-state index in [-0.39, 0.29) is 0 Å². The molecule has 2 saturated heterocycles. The Labute approximate surface area is 110 Å². The minimum absolute atomic E-state index is 0.708. The molecule has 2 aliphatic rings. The third kappa shape index (κ3) is 2.43. The molecule has 2 fully saturated rings. The van der Waals surface area contributed by atoms with Gasteiger partial charge in [-0.1, -0.05) is 6.07 Å². The summed E-state index contributed by atoms with van der Waals surface area (Å²) < 4.78 is 0. The van der Waals surface area contributed by atoms with Crippen molar-refractivity contribution >= 4 is 0 Å². The van der Waals surface area contributed by atoms with Crippen LogP contribution in [0.4, 0.5) is 0 Å². The Hall–Kier alpha value is -0.930. The Kier molecular flexibility index (Phi) is 3.35. The lowest BCUT2D eigenvalue weighted by molar-refractivity contribution is 0.219. The van der Waals surface area contributed by atoms with E-state index in [2.05, 4.69) is 40.8 Å². The van der Waals surface area contributed by atoms with E-state index in [1.165, 1.54) is 31.9 Å². The topological polar surface area (TPSA) is 19.4 Å². The minimum atomic E-state index is 0.708. The highest BCUT2D eigenvalue weighted by atomic mass is 15.2. The van der Waals surface area contributed by atoms with Crippen LogP contribution in [0.1, 0.15) is 19.5 Å². The fraction of sp³-hybridized carbons (Fsp3) is 0.667. The summed E-state index contributed by atoms with van der Waals surface area (Å²) in [5.74, 6) is 1.77. The van der Waals surface area contributed by atoms with Crippen molar-refractivity contribution in [1.29, 1.82) is 0 Å². The molecule has 3 nitrogen and oxygen atoms in total. The van der Waals surface area contributed by atoms with Crippen LogP contribution in [0.15, 0.2) is 24.4 Å². The average Bonchev–Trinajstić information content (AvgIpc) is 2.88. The number of hydrogen-bond donors (Lipinski definition) is 0. The standard InChI is InChI=1S/C15H23N3/c1-12(2)18-9-13-7-17(8-14(13)10-18)11-15-5-3-4-6-16-15/h3-6,12-14H,7-11H2,1-2H3/t13-,14+. The van der Waals surface area contributed by atoms with E-state index in [0.29, 0.717) is 6.04 Å². The van der Waals surface area contributed by atoms with Crippen LogP contribution >= 0.6 is 0 Å². The summed E-state index contributed by atoms with van der Waals surface area (Å²) in [6.45, 7) is 10.7. The smallest absolute Gasteiger partial charge is 0.0543 e. The Morgan fingerprint density at radius 2 is 1.89 bits per heavy atom. The van der Waals surface area contributed by atoms with E-state index in [9.17, 15) is 0 Å². The Morgan fingerprint density at radius 3 is 2.44 bits per heavy atom. The quantitative estimate of drug-likeness (QED) is 0.810. The minimum Gasteiger partial charge on any atom is -0.300 e. The first-order valence-electron chi connectivity index (χ1n) is 7.08. The number of pyridine rings is 1. The number of nitrogens with zero attached hydrogens (tertiary/aromatic N) is 3. The lowest BCUT2D eigenvalue weighted by atomic mass is 10.0. The second-order valence-corrected chi connectivity index (χ2v) is 6.08. The molecule has 0 bridgehead atoms. The zero-order chi connectivity index (χ0) is 12.5. The van der Waals surface area contributed by atoms with Crippen molar-refractivity contribution in [2.24, 2.45) is 11.8 Å². The number of fused-ring (bicyclic) bond motifs is 1. The third-order valence-electron chi connectivity index (χ3n) is 4.43.